The molecule has 1 heterocycles. The molecule has 0 saturated carbocycles. The zero-order valence-electron chi connectivity index (χ0n) is 11.1. The molecule has 0 atom stereocenters. The summed E-state index contributed by atoms with van der Waals surface area (Å²) in [5.41, 5.74) is 2.57. The maximum absolute atomic E-state index is 4.31. The molecule has 0 saturated heterocycles. The van der Waals surface area contributed by atoms with Crippen molar-refractivity contribution in [1.29, 1.82) is 0 Å². The normalized spacial score (nSPS) is 9.94. The molecule has 0 aliphatic carbocycles. The highest BCUT2D eigenvalue weighted by Gasteiger charge is 2.04. The number of nitrogens with zero attached hydrogens (tertiary/aromatic N) is 3. The minimum atomic E-state index is 0. The molecule has 0 spiro atoms. The van der Waals surface area contributed by atoms with Crippen LogP contribution in [-0.2, 0) is 13.1 Å². The Morgan fingerprint density at radius 1 is 1.35 bits per heavy atom. The smallest absolute Gasteiger partial charge is 0.0551 e. The minimum absolute atomic E-state index is 0. The average Bonchev–Trinajstić information content (AvgIpc) is 2.54. The van der Waals surface area contributed by atoms with Gasteiger partial charge in [-0.05, 0) is 33.5 Å². The Bertz CT molecular complexity index is 300. The number of aromatic nitrogens is 2. The van der Waals surface area contributed by atoms with Gasteiger partial charge in [-0.2, -0.15) is 5.10 Å². The van der Waals surface area contributed by atoms with Gasteiger partial charge < -0.3 is 10.2 Å². The van der Waals surface area contributed by atoms with Crippen LogP contribution in [0.15, 0.2) is 6.20 Å². The summed E-state index contributed by atoms with van der Waals surface area (Å²) in [6, 6.07) is 0. The Balaban J connectivity index is 0. The highest BCUT2D eigenvalue weighted by Crippen LogP contribution is 2.06. The second kappa shape index (κ2) is 9.71. The lowest BCUT2D eigenvalue weighted by Gasteiger charge is -2.11. The molecule has 0 bridgehead atoms. The molecule has 1 aromatic rings. The number of likely N-dealkylation sites (N-methyl/N-ethyl adjacent to an activating group) is 1. The molecule has 4 nitrogen and oxygen atoms in total. The number of aryl methyl sites for hydroxylation is 2. The van der Waals surface area contributed by atoms with Crippen molar-refractivity contribution >= 4 is 24.8 Å². The van der Waals surface area contributed by atoms with Crippen LogP contribution in [0.25, 0.3) is 0 Å². The SMILES string of the molecule is CCn1ncc(C)c1CNCCN(C)C.Cl.Cl. The molecule has 17 heavy (non-hydrogen) atoms. The van der Waals surface area contributed by atoms with E-state index in [2.05, 4.69) is 47.9 Å². The Hall–Kier alpha value is -0.290. The van der Waals surface area contributed by atoms with Gasteiger partial charge in [-0.15, -0.1) is 24.8 Å². The van der Waals surface area contributed by atoms with Crippen LogP contribution in [0, 0.1) is 6.92 Å². The molecular weight excluding hydrogens is 259 g/mol. The zero-order valence-corrected chi connectivity index (χ0v) is 12.7. The van der Waals surface area contributed by atoms with E-state index in [1.54, 1.807) is 0 Å². The predicted octanol–water partition coefficient (Wildman–Crippen LogP) is 1.71. The van der Waals surface area contributed by atoms with E-state index >= 15 is 0 Å². The molecular formula is C11H24Cl2N4. The van der Waals surface area contributed by atoms with Gasteiger partial charge in [0.05, 0.1) is 11.9 Å². The molecule has 0 radical (unpaired) electrons. The zero-order chi connectivity index (χ0) is 11.3. The summed E-state index contributed by atoms with van der Waals surface area (Å²) in [6.07, 6.45) is 1.94. The van der Waals surface area contributed by atoms with Crippen molar-refractivity contribution in [2.45, 2.75) is 26.9 Å². The fourth-order valence-corrected chi connectivity index (χ4v) is 1.52. The van der Waals surface area contributed by atoms with Gasteiger partial charge in [-0.25, -0.2) is 0 Å². The molecule has 0 aliphatic rings. The molecule has 0 unspecified atom stereocenters. The van der Waals surface area contributed by atoms with Crippen LogP contribution in [0.3, 0.4) is 0 Å². The molecule has 6 heteroatoms. The van der Waals surface area contributed by atoms with E-state index in [0.29, 0.717) is 0 Å². The predicted molar refractivity (Wildman–Crippen MR) is 77.4 cm³/mol. The van der Waals surface area contributed by atoms with Crippen molar-refractivity contribution in [3.8, 4) is 0 Å². The lowest BCUT2D eigenvalue weighted by molar-refractivity contribution is 0.397. The summed E-state index contributed by atoms with van der Waals surface area (Å²) in [5, 5.41) is 7.75. The van der Waals surface area contributed by atoms with Crippen LogP contribution >= 0.6 is 24.8 Å². The maximum atomic E-state index is 4.31. The Morgan fingerprint density at radius 2 is 2.00 bits per heavy atom. The summed E-state index contributed by atoms with van der Waals surface area (Å²) >= 11 is 0. The van der Waals surface area contributed by atoms with E-state index in [1.807, 2.05) is 6.20 Å². The minimum Gasteiger partial charge on any atom is -0.310 e. The number of nitrogens with one attached hydrogen (secondary N) is 1. The van der Waals surface area contributed by atoms with Gasteiger partial charge >= 0.3 is 0 Å². The highest BCUT2D eigenvalue weighted by molar-refractivity contribution is 5.85. The third-order valence-electron chi connectivity index (χ3n) is 2.49. The van der Waals surface area contributed by atoms with E-state index in [0.717, 1.165) is 26.2 Å². The van der Waals surface area contributed by atoms with Crippen LogP contribution in [0.4, 0.5) is 0 Å². The first-order valence-corrected chi connectivity index (χ1v) is 5.52. The standard InChI is InChI=1S/C11H22N4.2ClH/c1-5-15-11(10(2)8-13-15)9-12-6-7-14(3)4;;/h8,12H,5-7,9H2,1-4H3;2*1H. The van der Waals surface area contributed by atoms with Crippen molar-refractivity contribution in [1.82, 2.24) is 20.0 Å². The average molecular weight is 283 g/mol. The summed E-state index contributed by atoms with van der Waals surface area (Å²) in [4.78, 5) is 2.18. The van der Waals surface area contributed by atoms with Crippen LogP contribution in [0.1, 0.15) is 18.2 Å². The Morgan fingerprint density at radius 3 is 2.53 bits per heavy atom. The van der Waals surface area contributed by atoms with Gasteiger partial charge in [0.1, 0.15) is 0 Å². The van der Waals surface area contributed by atoms with Crippen molar-refractivity contribution < 1.29 is 0 Å². The van der Waals surface area contributed by atoms with Crippen molar-refractivity contribution in [3.63, 3.8) is 0 Å². The summed E-state index contributed by atoms with van der Waals surface area (Å²) in [6.45, 7) is 8.17. The fourth-order valence-electron chi connectivity index (χ4n) is 1.52. The molecule has 1 aromatic heterocycles. The molecule has 0 amide bonds. The monoisotopic (exact) mass is 282 g/mol. The first-order chi connectivity index (χ1) is 7.15. The van der Waals surface area contributed by atoms with Gasteiger partial charge in [0.25, 0.3) is 0 Å². The molecule has 0 fully saturated rings. The van der Waals surface area contributed by atoms with Gasteiger partial charge in [-0.1, -0.05) is 0 Å². The summed E-state index contributed by atoms with van der Waals surface area (Å²) in [5.74, 6) is 0. The van der Waals surface area contributed by atoms with E-state index in [4.69, 9.17) is 0 Å². The van der Waals surface area contributed by atoms with E-state index in [-0.39, 0.29) is 24.8 Å². The lowest BCUT2D eigenvalue weighted by atomic mass is 10.2. The van der Waals surface area contributed by atoms with Crippen LogP contribution in [-0.4, -0.2) is 41.9 Å². The molecule has 102 valence electrons. The number of hydrogen-bond donors (Lipinski definition) is 1. The van der Waals surface area contributed by atoms with Gasteiger partial charge in [0.2, 0.25) is 0 Å². The number of hydrogen-bond acceptors (Lipinski definition) is 3. The second-order valence-electron chi connectivity index (χ2n) is 4.07. The van der Waals surface area contributed by atoms with Gasteiger partial charge in [-0.3, -0.25) is 4.68 Å². The Labute approximate surface area is 117 Å². The quantitative estimate of drug-likeness (QED) is 0.807. The van der Waals surface area contributed by atoms with Gasteiger partial charge in [0.15, 0.2) is 0 Å². The van der Waals surface area contributed by atoms with Crippen molar-refractivity contribution in [2.24, 2.45) is 0 Å². The Kier molecular flexibility index (Phi) is 10.9. The van der Waals surface area contributed by atoms with Crippen molar-refractivity contribution in [2.75, 3.05) is 27.2 Å². The van der Waals surface area contributed by atoms with Crippen LogP contribution in [0.5, 0.6) is 0 Å². The summed E-state index contributed by atoms with van der Waals surface area (Å²) < 4.78 is 2.05. The maximum Gasteiger partial charge on any atom is 0.0551 e. The topological polar surface area (TPSA) is 33.1 Å². The summed E-state index contributed by atoms with van der Waals surface area (Å²) in [7, 11) is 4.17. The van der Waals surface area contributed by atoms with Crippen LogP contribution in [0.2, 0.25) is 0 Å². The largest absolute Gasteiger partial charge is 0.310 e. The number of rotatable bonds is 6. The molecule has 0 aromatic carbocycles. The van der Waals surface area contributed by atoms with E-state index in [1.165, 1.54) is 11.3 Å². The molecule has 1 rings (SSSR count). The second-order valence-corrected chi connectivity index (χ2v) is 4.07. The first kappa shape index (κ1) is 19.1. The third-order valence-corrected chi connectivity index (χ3v) is 2.49. The molecule has 1 N–H and O–H groups in total. The lowest BCUT2D eigenvalue weighted by Crippen LogP contribution is -2.27. The first-order valence-electron chi connectivity index (χ1n) is 5.52. The number of halogens is 2. The van der Waals surface area contributed by atoms with Crippen LogP contribution < -0.4 is 5.32 Å². The van der Waals surface area contributed by atoms with Crippen molar-refractivity contribution in [3.05, 3.63) is 17.5 Å². The van der Waals surface area contributed by atoms with Gasteiger partial charge in [0, 0.05) is 26.2 Å². The molecule has 0 aliphatic heterocycles. The van der Waals surface area contributed by atoms with E-state index < -0.39 is 0 Å². The highest BCUT2D eigenvalue weighted by atomic mass is 35.5. The third kappa shape index (κ3) is 6.27. The fraction of sp³-hybridized carbons (Fsp3) is 0.727. The van der Waals surface area contributed by atoms with E-state index in [9.17, 15) is 0 Å².